The fourth-order valence-electron chi connectivity index (χ4n) is 3.09. The average molecular weight is 395 g/mol. The molecule has 0 saturated heterocycles. The molecule has 0 saturated carbocycles. The van der Waals surface area contributed by atoms with Gasteiger partial charge >= 0.3 is 0 Å². The molecule has 0 radical (unpaired) electrons. The second-order valence-electron chi connectivity index (χ2n) is 6.49. The number of thiazole rings is 1. The zero-order chi connectivity index (χ0) is 20.1. The van der Waals surface area contributed by atoms with Crippen molar-refractivity contribution < 1.29 is 4.79 Å². The molecule has 1 amide bonds. The largest absolute Gasteiger partial charge is 0.297 e. The Morgan fingerprint density at radius 2 is 1.79 bits per heavy atom. The molecule has 140 valence electrons. The van der Waals surface area contributed by atoms with E-state index >= 15 is 0 Å². The minimum Gasteiger partial charge on any atom is -0.297 e. The Labute approximate surface area is 172 Å². The quantitative estimate of drug-likeness (QED) is 0.362. The van der Waals surface area contributed by atoms with Crippen LogP contribution in [-0.2, 0) is 11.2 Å². The maximum atomic E-state index is 12.6. The maximum absolute atomic E-state index is 12.6. The van der Waals surface area contributed by atoms with Crippen LogP contribution in [0.2, 0.25) is 0 Å². The molecule has 4 aromatic rings. The highest BCUT2D eigenvalue weighted by molar-refractivity contribution is 7.15. The summed E-state index contributed by atoms with van der Waals surface area (Å²) < 4.78 is 0. The van der Waals surface area contributed by atoms with Gasteiger partial charge in [0, 0.05) is 17.5 Å². The van der Waals surface area contributed by atoms with Gasteiger partial charge in [0.05, 0.1) is 0 Å². The fraction of sp³-hybridized carbons (Fsp3) is 0.0417. The summed E-state index contributed by atoms with van der Waals surface area (Å²) in [5.41, 5.74) is 2.06. The Morgan fingerprint density at radius 3 is 2.62 bits per heavy atom. The number of benzene rings is 3. The smallest absolute Gasteiger partial charge is 0.268 e. The van der Waals surface area contributed by atoms with Gasteiger partial charge in [-0.1, -0.05) is 72.8 Å². The Balaban J connectivity index is 1.52. The van der Waals surface area contributed by atoms with Crippen LogP contribution in [0.4, 0.5) is 5.13 Å². The Bertz CT molecular complexity index is 1230. The number of nitrogens with zero attached hydrogens (tertiary/aromatic N) is 2. The van der Waals surface area contributed by atoms with Gasteiger partial charge in [0.1, 0.15) is 11.6 Å². The number of nitrogens with one attached hydrogen (secondary N) is 1. The molecule has 1 N–H and O–H groups in total. The topological polar surface area (TPSA) is 65.8 Å². The maximum Gasteiger partial charge on any atom is 0.268 e. The molecule has 0 unspecified atom stereocenters. The number of hydrogen-bond donors (Lipinski definition) is 1. The van der Waals surface area contributed by atoms with Crippen molar-refractivity contribution in [1.29, 1.82) is 5.26 Å². The lowest BCUT2D eigenvalue weighted by atomic mass is 10.0. The molecule has 1 aromatic heterocycles. The highest BCUT2D eigenvalue weighted by Gasteiger charge is 2.13. The molecule has 0 aliphatic rings. The second-order valence-corrected chi connectivity index (χ2v) is 7.60. The van der Waals surface area contributed by atoms with Gasteiger partial charge in [-0.15, -0.1) is 11.3 Å². The van der Waals surface area contributed by atoms with Crippen LogP contribution < -0.4 is 5.32 Å². The summed E-state index contributed by atoms with van der Waals surface area (Å²) in [6.07, 6.45) is 4.13. The molecule has 0 fully saturated rings. The first-order valence-electron chi connectivity index (χ1n) is 9.12. The molecule has 0 spiro atoms. The van der Waals surface area contributed by atoms with Gasteiger partial charge < -0.3 is 0 Å². The molecule has 0 bridgehead atoms. The van der Waals surface area contributed by atoms with Crippen LogP contribution >= 0.6 is 11.3 Å². The third-order valence-electron chi connectivity index (χ3n) is 4.48. The van der Waals surface area contributed by atoms with Crippen molar-refractivity contribution in [2.24, 2.45) is 0 Å². The molecule has 5 heteroatoms. The fourth-order valence-corrected chi connectivity index (χ4v) is 3.93. The van der Waals surface area contributed by atoms with E-state index in [1.165, 1.54) is 16.9 Å². The molecule has 4 nitrogen and oxygen atoms in total. The number of amides is 1. The van der Waals surface area contributed by atoms with Crippen molar-refractivity contribution in [3.05, 3.63) is 101 Å². The van der Waals surface area contributed by atoms with Crippen molar-refractivity contribution in [3.8, 4) is 6.07 Å². The summed E-state index contributed by atoms with van der Waals surface area (Å²) in [7, 11) is 0. The average Bonchev–Trinajstić information content (AvgIpc) is 3.19. The number of carbonyl (C=O) groups excluding carboxylic acids is 1. The SMILES string of the molecule is N#CC(=Cc1cccc2ccccc12)C(=O)Nc1ncc(Cc2ccccc2)s1. The number of nitriles is 1. The standard InChI is InChI=1S/C24H17N3OS/c25-15-20(14-19-11-6-10-18-9-4-5-12-22(18)19)23(28)27-24-26-16-21(29-24)13-17-7-2-1-3-8-17/h1-12,14,16H,13H2,(H,26,27,28). The molecule has 4 rings (SSSR count). The van der Waals surface area contributed by atoms with Crippen molar-refractivity contribution in [2.75, 3.05) is 5.32 Å². The monoisotopic (exact) mass is 395 g/mol. The number of carbonyl (C=O) groups is 1. The van der Waals surface area contributed by atoms with Gasteiger partial charge in [-0.05, 0) is 28.0 Å². The summed E-state index contributed by atoms with van der Waals surface area (Å²) in [5, 5.41) is 14.8. The summed E-state index contributed by atoms with van der Waals surface area (Å²) in [5.74, 6) is -0.457. The number of hydrogen-bond acceptors (Lipinski definition) is 4. The number of fused-ring (bicyclic) bond motifs is 1. The van der Waals surface area contributed by atoms with Crippen LogP contribution in [0.1, 0.15) is 16.0 Å². The van der Waals surface area contributed by atoms with E-state index in [1.807, 2.05) is 66.7 Å². The molecule has 0 aliphatic carbocycles. The molecule has 3 aromatic carbocycles. The van der Waals surface area contributed by atoms with Crippen LogP contribution in [0.3, 0.4) is 0 Å². The minimum atomic E-state index is -0.457. The van der Waals surface area contributed by atoms with E-state index < -0.39 is 5.91 Å². The van der Waals surface area contributed by atoms with Crippen molar-refractivity contribution in [1.82, 2.24) is 4.98 Å². The van der Waals surface area contributed by atoms with Crippen molar-refractivity contribution in [3.63, 3.8) is 0 Å². The van der Waals surface area contributed by atoms with Crippen molar-refractivity contribution in [2.45, 2.75) is 6.42 Å². The van der Waals surface area contributed by atoms with E-state index in [9.17, 15) is 10.1 Å². The first kappa shape index (κ1) is 18.6. The third kappa shape index (κ3) is 4.40. The van der Waals surface area contributed by atoms with Gasteiger partial charge in [-0.3, -0.25) is 10.1 Å². The second kappa shape index (κ2) is 8.51. The molecule has 1 heterocycles. The van der Waals surface area contributed by atoms with E-state index in [0.717, 1.165) is 27.6 Å². The van der Waals surface area contributed by atoms with E-state index in [0.29, 0.717) is 5.13 Å². The van der Waals surface area contributed by atoms with E-state index in [1.54, 1.807) is 12.3 Å². The number of rotatable bonds is 5. The first-order valence-corrected chi connectivity index (χ1v) is 9.94. The van der Waals surface area contributed by atoms with Crippen molar-refractivity contribution >= 4 is 39.2 Å². The summed E-state index contributed by atoms with van der Waals surface area (Å²) in [6.45, 7) is 0. The lowest BCUT2D eigenvalue weighted by Gasteiger charge is -2.04. The van der Waals surface area contributed by atoms with Crippen LogP contribution in [0.15, 0.2) is 84.6 Å². The van der Waals surface area contributed by atoms with Crippen LogP contribution in [0.25, 0.3) is 16.8 Å². The third-order valence-corrected chi connectivity index (χ3v) is 5.40. The van der Waals surface area contributed by atoms with Gasteiger partial charge in [0.15, 0.2) is 5.13 Å². The zero-order valence-electron chi connectivity index (χ0n) is 15.5. The van der Waals surface area contributed by atoms with Gasteiger partial charge in [0.2, 0.25) is 0 Å². The summed E-state index contributed by atoms with van der Waals surface area (Å²) >= 11 is 1.41. The van der Waals surface area contributed by atoms with E-state index in [-0.39, 0.29) is 5.57 Å². The van der Waals surface area contributed by atoms with E-state index in [4.69, 9.17) is 0 Å². The summed E-state index contributed by atoms with van der Waals surface area (Å²) in [6, 6.07) is 25.8. The number of anilines is 1. The Hall–Kier alpha value is -3.75. The molecular formula is C24H17N3OS. The van der Waals surface area contributed by atoms with Gasteiger partial charge in [-0.25, -0.2) is 4.98 Å². The van der Waals surface area contributed by atoms with Crippen LogP contribution in [0.5, 0.6) is 0 Å². The molecule has 0 atom stereocenters. The lowest BCUT2D eigenvalue weighted by Crippen LogP contribution is -2.13. The summed E-state index contributed by atoms with van der Waals surface area (Å²) in [4.78, 5) is 17.9. The molecule has 0 aliphatic heterocycles. The molecule has 29 heavy (non-hydrogen) atoms. The minimum absolute atomic E-state index is 0.0427. The highest BCUT2D eigenvalue weighted by Crippen LogP contribution is 2.23. The normalized spacial score (nSPS) is 11.2. The van der Waals surface area contributed by atoms with Crippen LogP contribution in [-0.4, -0.2) is 10.9 Å². The van der Waals surface area contributed by atoms with Gasteiger partial charge in [-0.2, -0.15) is 5.26 Å². The Kier molecular flexibility index (Phi) is 5.46. The predicted molar refractivity (Wildman–Crippen MR) is 118 cm³/mol. The zero-order valence-corrected chi connectivity index (χ0v) is 16.3. The van der Waals surface area contributed by atoms with Gasteiger partial charge in [0.25, 0.3) is 5.91 Å². The number of aromatic nitrogens is 1. The van der Waals surface area contributed by atoms with Crippen LogP contribution in [0, 0.1) is 11.3 Å². The van der Waals surface area contributed by atoms with E-state index in [2.05, 4.69) is 22.4 Å². The Morgan fingerprint density at radius 1 is 1.03 bits per heavy atom. The first-order chi connectivity index (χ1) is 14.2. The lowest BCUT2D eigenvalue weighted by molar-refractivity contribution is -0.112. The highest BCUT2D eigenvalue weighted by atomic mass is 32.1. The predicted octanol–water partition coefficient (Wildman–Crippen LogP) is 5.43. The molecular weight excluding hydrogens is 378 g/mol.